The van der Waals surface area contributed by atoms with E-state index in [1.807, 2.05) is 6.07 Å². The number of carbonyl (C=O) groups excluding carboxylic acids is 2. The van der Waals surface area contributed by atoms with E-state index >= 15 is 4.39 Å². The van der Waals surface area contributed by atoms with E-state index in [4.69, 9.17) is 27.6 Å². The van der Waals surface area contributed by atoms with Crippen LogP contribution in [0.5, 0.6) is 0 Å². The molecular weight excluding hydrogens is 558 g/mol. The largest absolute Gasteiger partial charge is 0.437 e. The minimum Gasteiger partial charge on any atom is -0.388 e. The number of fused-ring (bicyclic) bond motifs is 2. The summed E-state index contributed by atoms with van der Waals surface area (Å²) >= 11 is 12.8. The quantitative estimate of drug-likeness (QED) is 0.349. The van der Waals surface area contributed by atoms with Crippen LogP contribution in [-0.2, 0) is 16.1 Å². The first-order valence-electron chi connectivity index (χ1n) is 13.6. The van der Waals surface area contributed by atoms with E-state index in [0.29, 0.717) is 24.3 Å². The molecule has 2 aromatic carbocycles. The minimum atomic E-state index is -0.724. The SMILES string of the molecule is O=C(Cn1nc(-c2ccccc2)oc1=O)NC1CC(C(=O)N[C@H](c2c(F)ccc(Cl)c2Cl)C23CCC(CC2)C3)C1. The zero-order valence-electron chi connectivity index (χ0n) is 21.7. The van der Waals surface area contributed by atoms with Gasteiger partial charge in [-0.2, -0.15) is 4.68 Å². The van der Waals surface area contributed by atoms with Crippen LogP contribution < -0.4 is 16.4 Å². The second-order valence-electron chi connectivity index (χ2n) is 11.3. The van der Waals surface area contributed by atoms with Crippen molar-refractivity contribution in [3.05, 3.63) is 74.4 Å². The van der Waals surface area contributed by atoms with E-state index in [9.17, 15) is 14.4 Å². The van der Waals surface area contributed by atoms with Gasteiger partial charge in [0, 0.05) is 23.1 Å². The number of nitrogens with zero attached hydrogens (tertiary/aromatic N) is 2. The number of amides is 2. The average molecular weight is 587 g/mol. The van der Waals surface area contributed by atoms with Gasteiger partial charge in [0.2, 0.25) is 17.7 Å². The van der Waals surface area contributed by atoms with Crippen LogP contribution in [0.25, 0.3) is 11.5 Å². The molecule has 0 saturated heterocycles. The van der Waals surface area contributed by atoms with Crippen molar-refractivity contribution in [2.45, 2.75) is 63.6 Å². The molecule has 1 heterocycles. The Morgan fingerprint density at radius 1 is 1.12 bits per heavy atom. The summed E-state index contributed by atoms with van der Waals surface area (Å²) in [6.07, 6.45) is 5.74. The standard InChI is InChI=1S/C29H29Cl2FN4O4/c30-20-6-7-21(32)23(24(20)31)25(29-10-8-16(14-29)9-11-29)34-26(38)18-12-19(13-18)33-22(37)15-36-28(39)40-27(35-36)17-4-2-1-3-5-17/h1-7,16,18-19,25H,8-15H2,(H,33,37)(H,34,38)/t16?,18?,19?,25-,29?/m1/s1. The Hall–Kier alpha value is -3.17. The van der Waals surface area contributed by atoms with Gasteiger partial charge in [-0.3, -0.25) is 9.59 Å². The fourth-order valence-electron chi connectivity index (χ4n) is 6.70. The van der Waals surface area contributed by atoms with E-state index in [1.54, 1.807) is 24.3 Å². The lowest BCUT2D eigenvalue weighted by Crippen LogP contribution is -2.52. The van der Waals surface area contributed by atoms with Gasteiger partial charge in [-0.1, -0.05) is 41.4 Å². The van der Waals surface area contributed by atoms with Crippen LogP contribution >= 0.6 is 23.2 Å². The van der Waals surface area contributed by atoms with Gasteiger partial charge < -0.3 is 15.1 Å². The van der Waals surface area contributed by atoms with Crippen molar-refractivity contribution in [3.8, 4) is 11.5 Å². The third-order valence-electron chi connectivity index (χ3n) is 8.86. The van der Waals surface area contributed by atoms with Gasteiger partial charge in [-0.25, -0.2) is 9.18 Å². The highest BCUT2D eigenvalue weighted by Gasteiger charge is 2.52. The van der Waals surface area contributed by atoms with Crippen LogP contribution in [0.15, 0.2) is 51.7 Å². The topological polar surface area (TPSA) is 106 Å². The molecule has 3 aliphatic rings. The first kappa shape index (κ1) is 27.0. The first-order chi connectivity index (χ1) is 19.2. The number of rotatable bonds is 8. The number of halogens is 3. The molecule has 3 fully saturated rings. The number of carbonyl (C=O) groups is 2. The summed E-state index contributed by atoms with van der Waals surface area (Å²) in [4.78, 5) is 38.1. The van der Waals surface area contributed by atoms with Crippen molar-refractivity contribution < 1.29 is 18.4 Å². The molecule has 2 bridgehead atoms. The second kappa shape index (κ2) is 10.7. The lowest BCUT2D eigenvalue weighted by Gasteiger charge is -2.40. The summed E-state index contributed by atoms with van der Waals surface area (Å²) in [5.74, 6) is -1.38. The molecule has 3 aliphatic carbocycles. The van der Waals surface area contributed by atoms with Crippen LogP contribution in [0.3, 0.4) is 0 Å². The van der Waals surface area contributed by atoms with Gasteiger partial charge >= 0.3 is 5.76 Å². The third kappa shape index (κ3) is 5.05. The van der Waals surface area contributed by atoms with Crippen molar-refractivity contribution in [1.82, 2.24) is 20.4 Å². The number of benzene rings is 2. The average Bonchev–Trinajstić information content (AvgIpc) is 3.64. The second-order valence-corrected chi connectivity index (χ2v) is 12.1. The van der Waals surface area contributed by atoms with Crippen LogP contribution in [0, 0.1) is 23.1 Å². The van der Waals surface area contributed by atoms with Crippen LogP contribution in [0.1, 0.15) is 56.6 Å². The predicted molar refractivity (Wildman–Crippen MR) is 147 cm³/mol. The van der Waals surface area contributed by atoms with Gasteiger partial charge in [0.05, 0.1) is 16.1 Å². The van der Waals surface area contributed by atoms with E-state index in [1.165, 1.54) is 12.1 Å². The Morgan fingerprint density at radius 2 is 1.85 bits per heavy atom. The van der Waals surface area contributed by atoms with Crippen molar-refractivity contribution in [3.63, 3.8) is 0 Å². The molecule has 8 nitrogen and oxygen atoms in total. The molecular formula is C29H29Cl2FN4O4. The van der Waals surface area contributed by atoms with Crippen molar-refractivity contribution >= 4 is 35.0 Å². The molecule has 3 aromatic rings. The highest BCUT2D eigenvalue weighted by Crippen LogP contribution is 2.61. The lowest BCUT2D eigenvalue weighted by atomic mass is 9.73. The summed E-state index contributed by atoms with van der Waals surface area (Å²) in [5, 5.41) is 10.5. The van der Waals surface area contributed by atoms with E-state index in [0.717, 1.165) is 36.8 Å². The van der Waals surface area contributed by atoms with E-state index < -0.39 is 23.5 Å². The van der Waals surface area contributed by atoms with Crippen molar-refractivity contribution in [2.24, 2.45) is 17.3 Å². The summed E-state index contributed by atoms with van der Waals surface area (Å²) in [5.41, 5.74) is 0.660. The monoisotopic (exact) mass is 586 g/mol. The Balaban J connectivity index is 1.08. The van der Waals surface area contributed by atoms with Crippen LogP contribution in [0.4, 0.5) is 4.39 Å². The number of aromatic nitrogens is 2. The zero-order valence-corrected chi connectivity index (χ0v) is 23.2. The van der Waals surface area contributed by atoms with Gasteiger partial charge in [0.15, 0.2) is 0 Å². The minimum absolute atomic E-state index is 0.139. The molecule has 210 valence electrons. The smallest absolute Gasteiger partial charge is 0.388 e. The maximum atomic E-state index is 15.1. The number of hydrogen-bond acceptors (Lipinski definition) is 5. The Morgan fingerprint density at radius 3 is 2.52 bits per heavy atom. The third-order valence-corrected chi connectivity index (χ3v) is 9.68. The van der Waals surface area contributed by atoms with Crippen molar-refractivity contribution in [1.29, 1.82) is 0 Å². The van der Waals surface area contributed by atoms with Gasteiger partial charge in [0.25, 0.3) is 0 Å². The molecule has 0 unspecified atom stereocenters. The van der Waals surface area contributed by atoms with E-state index in [2.05, 4.69) is 15.7 Å². The lowest BCUT2D eigenvalue weighted by molar-refractivity contribution is -0.132. The molecule has 1 aromatic heterocycles. The van der Waals surface area contributed by atoms with Gasteiger partial charge in [-0.05, 0) is 80.5 Å². The van der Waals surface area contributed by atoms with Crippen LogP contribution in [-0.4, -0.2) is 27.6 Å². The Bertz CT molecular complexity index is 1490. The molecule has 1 atom stereocenters. The predicted octanol–water partition coefficient (Wildman–Crippen LogP) is 5.28. The molecule has 0 radical (unpaired) electrons. The van der Waals surface area contributed by atoms with Crippen LogP contribution in [0.2, 0.25) is 10.0 Å². The Labute approximate surface area is 240 Å². The summed E-state index contributed by atoms with van der Waals surface area (Å²) in [7, 11) is 0. The zero-order chi connectivity index (χ0) is 28.0. The molecule has 2 N–H and O–H groups in total. The molecule has 40 heavy (non-hydrogen) atoms. The molecule has 11 heteroatoms. The van der Waals surface area contributed by atoms with Crippen molar-refractivity contribution in [2.75, 3.05) is 0 Å². The molecule has 0 aliphatic heterocycles. The number of nitrogens with one attached hydrogen (secondary N) is 2. The Kier molecular flexibility index (Phi) is 7.21. The highest BCUT2D eigenvalue weighted by molar-refractivity contribution is 6.42. The number of hydrogen-bond donors (Lipinski definition) is 2. The summed E-state index contributed by atoms with van der Waals surface area (Å²) < 4.78 is 21.3. The molecule has 2 amide bonds. The summed E-state index contributed by atoms with van der Waals surface area (Å²) in [6, 6.07) is 10.9. The fraction of sp³-hybridized carbons (Fsp3) is 0.448. The maximum Gasteiger partial charge on any atom is 0.437 e. The maximum absolute atomic E-state index is 15.1. The van der Waals surface area contributed by atoms with Gasteiger partial charge in [0.1, 0.15) is 12.4 Å². The first-order valence-corrected chi connectivity index (χ1v) is 14.3. The summed E-state index contributed by atoms with van der Waals surface area (Å²) in [6.45, 7) is -0.291. The molecule has 3 saturated carbocycles. The molecule has 0 spiro atoms. The fourth-order valence-corrected chi connectivity index (χ4v) is 7.13. The van der Waals surface area contributed by atoms with Gasteiger partial charge in [-0.15, -0.1) is 5.10 Å². The van der Waals surface area contributed by atoms with E-state index in [-0.39, 0.29) is 51.3 Å². The molecule has 6 rings (SSSR count). The normalized spacial score (nSPS) is 25.8. The highest BCUT2D eigenvalue weighted by atomic mass is 35.5.